The average Bonchev–Trinajstić information content (AvgIpc) is 2.85. The summed E-state index contributed by atoms with van der Waals surface area (Å²) >= 11 is 0. The Labute approximate surface area is 211 Å². The van der Waals surface area contributed by atoms with Crippen LogP contribution in [0.25, 0.3) is 0 Å². The van der Waals surface area contributed by atoms with Crippen molar-refractivity contribution < 1.29 is 24.6 Å². The molecule has 3 atom stereocenters. The van der Waals surface area contributed by atoms with Gasteiger partial charge in [-0.05, 0) is 79.6 Å². The third kappa shape index (κ3) is 9.01. The molecule has 0 aliphatic rings. The summed E-state index contributed by atoms with van der Waals surface area (Å²) in [5.41, 5.74) is 8.17. The number of nitrogens with one attached hydrogen (secondary N) is 2. The molecular weight excluding hydrogens is 458 g/mol. The predicted octanol–water partition coefficient (Wildman–Crippen LogP) is 1.44. The number of ketones is 1. The lowest BCUT2D eigenvalue weighted by atomic mass is 10.0. The number of rotatable bonds is 9. The van der Waals surface area contributed by atoms with E-state index < -0.39 is 36.5 Å². The van der Waals surface area contributed by atoms with Crippen LogP contribution in [-0.2, 0) is 9.59 Å². The summed E-state index contributed by atoms with van der Waals surface area (Å²) in [5, 5.41) is 23.8. The number of aliphatic hydroxyl groups is 2. The zero-order valence-corrected chi connectivity index (χ0v) is 20.5. The van der Waals surface area contributed by atoms with Gasteiger partial charge in [0.05, 0.1) is 12.1 Å². The van der Waals surface area contributed by atoms with Crippen LogP contribution < -0.4 is 16.4 Å². The molecule has 0 fully saturated rings. The van der Waals surface area contributed by atoms with Gasteiger partial charge >= 0.3 is 0 Å². The predicted molar refractivity (Wildman–Crippen MR) is 138 cm³/mol. The van der Waals surface area contributed by atoms with E-state index in [4.69, 9.17) is 10.8 Å². The Morgan fingerprint density at radius 3 is 1.92 bits per heavy atom. The first-order chi connectivity index (χ1) is 17.1. The van der Waals surface area contributed by atoms with Crippen LogP contribution in [0.15, 0.2) is 48.5 Å². The van der Waals surface area contributed by atoms with Gasteiger partial charge < -0.3 is 26.6 Å². The van der Waals surface area contributed by atoms with Crippen molar-refractivity contribution in [2.24, 2.45) is 11.7 Å². The number of benzene rings is 2. The number of nitrogens with two attached hydrogens (primary N) is 1. The molecule has 0 heterocycles. The third-order valence-corrected chi connectivity index (χ3v) is 5.11. The van der Waals surface area contributed by atoms with Crippen molar-refractivity contribution in [3.05, 3.63) is 65.2 Å². The van der Waals surface area contributed by atoms with E-state index >= 15 is 0 Å². The van der Waals surface area contributed by atoms with E-state index in [1.165, 1.54) is 19.1 Å². The van der Waals surface area contributed by atoms with E-state index in [-0.39, 0.29) is 11.5 Å². The number of Topliss-reactive ketones (excluding diaryl/α,β-unsaturated/α-hetero) is 1. The van der Waals surface area contributed by atoms with Crippen LogP contribution in [0.1, 0.15) is 48.7 Å². The van der Waals surface area contributed by atoms with Crippen LogP contribution in [0.3, 0.4) is 0 Å². The second kappa shape index (κ2) is 13.8. The van der Waals surface area contributed by atoms with Gasteiger partial charge in [-0.3, -0.25) is 14.4 Å². The number of carbonyl (C=O) groups excluding carboxylic acids is 3. The van der Waals surface area contributed by atoms with Gasteiger partial charge in [0.25, 0.3) is 5.91 Å². The highest BCUT2D eigenvalue weighted by Gasteiger charge is 2.25. The molecule has 6 N–H and O–H groups in total. The van der Waals surface area contributed by atoms with E-state index in [0.717, 1.165) is 5.56 Å². The molecule has 188 valence electrons. The normalized spacial score (nSPS) is 12.8. The number of anilines is 1. The highest BCUT2D eigenvalue weighted by Crippen LogP contribution is 2.11. The largest absolute Gasteiger partial charge is 0.391 e. The minimum Gasteiger partial charge on any atom is -0.391 e. The number of aliphatic hydroxyl groups excluding tert-OH is 2. The summed E-state index contributed by atoms with van der Waals surface area (Å²) in [5.74, 6) is 10.2. The van der Waals surface area contributed by atoms with Gasteiger partial charge in [-0.15, -0.1) is 0 Å². The number of hydrogen-bond donors (Lipinski definition) is 5. The highest BCUT2D eigenvalue weighted by atomic mass is 16.3. The van der Waals surface area contributed by atoms with Crippen molar-refractivity contribution in [2.45, 2.75) is 45.4 Å². The van der Waals surface area contributed by atoms with Crippen LogP contribution in [0.2, 0.25) is 0 Å². The first kappa shape index (κ1) is 28.3. The Bertz CT molecular complexity index is 1180. The fourth-order valence-corrected chi connectivity index (χ4v) is 3.19. The molecule has 0 aromatic heterocycles. The van der Waals surface area contributed by atoms with E-state index in [0.29, 0.717) is 23.6 Å². The topological polar surface area (TPSA) is 142 Å². The Morgan fingerprint density at radius 1 is 0.917 bits per heavy atom. The Morgan fingerprint density at radius 2 is 1.44 bits per heavy atom. The van der Waals surface area contributed by atoms with E-state index in [1.807, 2.05) is 13.8 Å². The molecule has 8 nitrogen and oxygen atoms in total. The first-order valence-corrected chi connectivity index (χ1v) is 11.5. The minimum absolute atomic E-state index is 0.224. The van der Waals surface area contributed by atoms with Crippen LogP contribution in [0, 0.1) is 29.6 Å². The van der Waals surface area contributed by atoms with Crippen molar-refractivity contribution in [2.75, 3.05) is 11.9 Å². The van der Waals surface area contributed by atoms with E-state index in [2.05, 4.69) is 34.3 Å². The lowest BCUT2D eigenvalue weighted by Crippen LogP contribution is -2.48. The average molecular weight is 490 g/mol. The van der Waals surface area contributed by atoms with Crippen molar-refractivity contribution in [3.63, 3.8) is 0 Å². The number of hydrogen-bond acceptors (Lipinski definition) is 6. The molecule has 0 bridgehead atoms. The Balaban J connectivity index is 1.95. The van der Waals surface area contributed by atoms with Crippen molar-refractivity contribution in [3.8, 4) is 23.7 Å². The molecule has 0 aliphatic heterocycles. The molecule has 2 amide bonds. The molecule has 0 aliphatic carbocycles. The van der Waals surface area contributed by atoms with Crippen molar-refractivity contribution in [1.29, 1.82) is 0 Å². The Kier molecular flexibility index (Phi) is 10.9. The monoisotopic (exact) mass is 489 g/mol. The molecule has 0 spiro atoms. The zero-order valence-electron chi connectivity index (χ0n) is 20.5. The number of carbonyl (C=O) groups is 3. The maximum absolute atomic E-state index is 12.3. The molecule has 2 rings (SSSR count). The first-order valence-electron chi connectivity index (χ1n) is 11.5. The lowest BCUT2D eigenvalue weighted by molar-refractivity contribution is -0.126. The summed E-state index contributed by atoms with van der Waals surface area (Å²) in [6, 6.07) is 11.6. The minimum atomic E-state index is -1.19. The summed E-state index contributed by atoms with van der Waals surface area (Å²) in [6.45, 7) is 4.60. The van der Waals surface area contributed by atoms with Crippen LogP contribution >= 0.6 is 0 Å². The maximum atomic E-state index is 12.3. The third-order valence-electron chi connectivity index (χ3n) is 5.11. The molecule has 0 saturated carbocycles. The second-order valence-electron chi connectivity index (χ2n) is 8.70. The Hall–Kier alpha value is -3.95. The molecule has 2 aromatic rings. The molecule has 2 aromatic carbocycles. The molecule has 1 unspecified atom stereocenters. The summed E-state index contributed by atoms with van der Waals surface area (Å²) in [6.07, 6.45) is -0.528. The zero-order chi connectivity index (χ0) is 26.7. The van der Waals surface area contributed by atoms with Gasteiger partial charge in [0.2, 0.25) is 5.91 Å². The summed E-state index contributed by atoms with van der Waals surface area (Å²) in [4.78, 5) is 36.1. The number of amides is 2. The quantitative estimate of drug-likeness (QED) is 0.338. The molecule has 36 heavy (non-hydrogen) atoms. The highest BCUT2D eigenvalue weighted by molar-refractivity contribution is 5.98. The lowest BCUT2D eigenvalue weighted by Gasteiger charge is -2.19. The van der Waals surface area contributed by atoms with Gasteiger partial charge in [-0.2, -0.15) is 0 Å². The van der Waals surface area contributed by atoms with E-state index in [1.54, 1.807) is 36.4 Å². The van der Waals surface area contributed by atoms with Crippen LogP contribution in [0.5, 0.6) is 0 Å². The van der Waals surface area contributed by atoms with Gasteiger partial charge in [-0.1, -0.05) is 25.7 Å². The smallest absolute Gasteiger partial charge is 0.251 e. The van der Waals surface area contributed by atoms with Gasteiger partial charge in [0, 0.05) is 22.4 Å². The molecule has 8 heteroatoms. The fraction of sp³-hybridized carbons (Fsp3) is 0.321. The van der Waals surface area contributed by atoms with Gasteiger partial charge in [-0.25, -0.2) is 0 Å². The standard InChI is InChI=1S/C28H31N3O5/c1-18(2)16-24(29)28(36)30-23-14-10-21(11-15-23)7-5-4-6-20-8-12-22(13-9-20)27(35)31-26(19(3)33)25(34)17-32/h8-15,18-19,24,26,32-33H,16-17,29H2,1-3H3,(H,30,36)(H,31,35)/t19-,24+,26?/m1/s1. The second-order valence-corrected chi connectivity index (χ2v) is 8.70. The summed E-state index contributed by atoms with van der Waals surface area (Å²) < 4.78 is 0. The van der Waals surface area contributed by atoms with Crippen molar-refractivity contribution >= 4 is 23.3 Å². The van der Waals surface area contributed by atoms with Crippen LogP contribution in [0.4, 0.5) is 5.69 Å². The maximum Gasteiger partial charge on any atom is 0.251 e. The van der Waals surface area contributed by atoms with Crippen LogP contribution in [-0.4, -0.2) is 52.6 Å². The molecule has 0 radical (unpaired) electrons. The molecular formula is C28H31N3O5. The van der Waals surface area contributed by atoms with E-state index in [9.17, 15) is 19.5 Å². The van der Waals surface area contributed by atoms with Gasteiger partial charge in [0.15, 0.2) is 5.78 Å². The fourth-order valence-electron chi connectivity index (χ4n) is 3.19. The van der Waals surface area contributed by atoms with Gasteiger partial charge in [0.1, 0.15) is 12.6 Å². The SMILES string of the molecule is CC(C)C[C@H](N)C(=O)Nc1ccc(C#CC#Cc2ccc(C(=O)NC(C(=O)CO)[C@@H](C)O)cc2)cc1. The summed E-state index contributed by atoms with van der Waals surface area (Å²) in [7, 11) is 0. The molecule has 0 saturated heterocycles. The van der Waals surface area contributed by atoms with Crippen molar-refractivity contribution in [1.82, 2.24) is 5.32 Å².